The molecular weight excluding hydrogens is 322 g/mol. The molecule has 0 radical (unpaired) electrons. The van der Waals surface area contributed by atoms with Gasteiger partial charge in [0.05, 0.1) is 10.7 Å². The van der Waals surface area contributed by atoms with Crippen LogP contribution < -0.4 is 5.32 Å². The lowest BCUT2D eigenvalue weighted by Crippen LogP contribution is -2.11. The SMILES string of the molecule is OC(CNc1ccc(Br)cc1Cl)c1cccs1. The average Bonchev–Trinajstić information content (AvgIpc) is 2.81. The second-order valence-corrected chi connectivity index (χ2v) is 5.84. The van der Waals surface area contributed by atoms with Gasteiger partial charge in [0.15, 0.2) is 0 Å². The topological polar surface area (TPSA) is 32.3 Å². The Morgan fingerprint density at radius 2 is 2.24 bits per heavy atom. The van der Waals surface area contributed by atoms with Gasteiger partial charge in [-0.1, -0.05) is 33.6 Å². The van der Waals surface area contributed by atoms with Crippen LogP contribution in [0.2, 0.25) is 5.02 Å². The minimum atomic E-state index is -0.505. The first kappa shape index (κ1) is 12.9. The maximum absolute atomic E-state index is 9.91. The summed E-state index contributed by atoms with van der Waals surface area (Å²) in [5, 5.41) is 15.6. The van der Waals surface area contributed by atoms with Crippen LogP contribution in [0.4, 0.5) is 5.69 Å². The van der Waals surface area contributed by atoms with E-state index in [1.54, 1.807) is 11.3 Å². The lowest BCUT2D eigenvalue weighted by Gasteiger charge is -2.12. The Hall–Kier alpha value is -0.550. The number of anilines is 1. The molecule has 0 spiro atoms. The van der Waals surface area contributed by atoms with Gasteiger partial charge in [0.2, 0.25) is 0 Å². The number of halogens is 2. The molecule has 1 unspecified atom stereocenters. The molecule has 1 heterocycles. The first-order valence-electron chi connectivity index (χ1n) is 5.07. The van der Waals surface area contributed by atoms with E-state index in [0.717, 1.165) is 15.0 Å². The van der Waals surface area contributed by atoms with E-state index in [2.05, 4.69) is 21.2 Å². The molecular formula is C12H11BrClNOS. The molecule has 1 atom stereocenters. The van der Waals surface area contributed by atoms with Crippen LogP contribution in [0, 0.1) is 0 Å². The van der Waals surface area contributed by atoms with Crippen molar-refractivity contribution >= 4 is 44.6 Å². The maximum atomic E-state index is 9.91. The lowest BCUT2D eigenvalue weighted by atomic mass is 10.2. The van der Waals surface area contributed by atoms with Crippen molar-refractivity contribution < 1.29 is 5.11 Å². The third-order valence-corrected chi connectivity index (χ3v) is 4.07. The van der Waals surface area contributed by atoms with Crippen molar-refractivity contribution in [2.75, 3.05) is 11.9 Å². The van der Waals surface area contributed by atoms with Gasteiger partial charge < -0.3 is 10.4 Å². The highest BCUT2D eigenvalue weighted by Gasteiger charge is 2.09. The molecule has 5 heteroatoms. The first-order valence-corrected chi connectivity index (χ1v) is 7.12. The summed E-state index contributed by atoms with van der Waals surface area (Å²) >= 11 is 11.0. The van der Waals surface area contributed by atoms with E-state index in [4.69, 9.17) is 11.6 Å². The number of thiophene rings is 1. The average molecular weight is 333 g/mol. The molecule has 0 aliphatic heterocycles. The number of benzene rings is 1. The number of hydrogen-bond acceptors (Lipinski definition) is 3. The largest absolute Gasteiger partial charge is 0.386 e. The summed E-state index contributed by atoms with van der Waals surface area (Å²) in [6.07, 6.45) is -0.505. The molecule has 2 nitrogen and oxygen atoms in total. The Labute approximate surface area is 117 Å². The lowest BCUT2D eigenvalue weighted by molar-refractivity contribution is 0.195. The fourth-order valence-corrected chi connectivity index (χ4v) is 2.87. The molecule has 2 aromatic rings. The summed E-state index contributed by atoms with van der Waals surface area (Å²) in [5.41, 5.74) is 0.825. The minimum absolute atomic E-state index is 0.446. The van der Waals surface area contributed by atoms with Gasteiger partial charge >= 0.3 is 0 Å². The van der Waals surface area contributed by atoms with E-state index in [1.165, 1.54) is 0 Å². The van der Waals surface area contributed by atoms with Gasteiger partial charge in [0.1, 0.15) is 6.10 Å². The molecule has 1 aromatic heterocycles. The van der Waals surface area contributed by atoms with Crippen molar-refractivity contribution in [3.63, 3.8) is 0 Å². The molecule has 2 rings (SSSR count). The standard InChI is InChI=1S/C12H11BrClNOS/c13-8-3-4-10(9(14)6-8)15-7-11(16)12-2-1-5-17-12/h1-6,11,15-16H,7H2. The van der Waals surface area contributed by atoms with Crippen molar-refractivity contribution in [3.05, 3.63) is 50.1 Å². The first-order chi connectivity index (χ1) is 8.16. The normalized spacial score (nSPS) is 12.4. The zero-order valence-corrected chi connectivity index (χ0v) is 12.0. The number of nitrogens with one attached hydrogen (secondary N) is 1. The molecule has 0 amide bonds. The monoisotopic (exact) mass is 331 g/mol. The molecule has 0 aliphatic rings. The predicted octanol–water partition coefficient (Wildman–Crippen LogP) is 4.31. The second-order valence-electron chi connectivity index (χ2n) is 3.54. The van der Waals surface area contributed by atoms with Crippen molar-refractivity contribution in [1.82, 2.24) is 0 Å². The smallest absolute Gasteiger partial charge is 0.105 e. The van der Waals surface area contributed by atoms with E-state index < -0.39 is 6.10 Å². The molecule has 90 valence electrons. The number of aliphatic hydroxyl groups excluding tert-OH is 1. The Morgan fingerprint density at radius 1 is 1.41 bits per heavy atom. The van der Waals surface area contributed by atoms with Crippen LogP contribution in [-0.2, 0) is 0 Å². The highest BCUT2D eigenvalue weighted by molar-refractivity contribution is 9.10. The summed E-state index contributed by atoms with van der Waals surface area (Å²) in [7, 11) is 0. The predicted molar refractivity (Wildman–Crippen MR) is 76.9 cm³/mol. The van der Waals surface area contributed by atoms with Gasteiger partial charge in [-0.25, -0.2) is 0 Å². The molecule has 0 fully saturated rings. The molecule has 0 saturated carbocycles. The van der Waals surface area contributed by atoms with Crippen LogP contribution in [0.15, 0.2) is 40.2 Å². The van der Waals surface area contributed by atoms with E-state index in [0.29, 0.717) is 11.6 Å². The van der Waals surface area contributed by atoms with Gasteiger partial charge in [0.25, 0.3) is 0 Å². The fourth-order valence-electron chi connectivity index (χ4n) is 1.42. The van der Waals surface area contributed by atoms with Crippen LogP contribution in [0.3, 0.4) is 0 Å². The molecule has 1 aromatic carbocycles. The van der Waals surface area contributed by atoms with Crippen LogP contribution in [0.5, 0.6) is 0 Å². The minimum Gasteiger partial charge on any atom is -0.386 e. The molecule has 17 heavy (non-hydrogen) atoms. The maximum Gasteiger partial charge on any atom is 0.105 e. The van der Waals surface area contributed by atoms with Crippen molar-refractivity contribution in [2.45, 2.75) is 6.10 Å². The number of rotatable bonds is 4. The second kappa shape index (κ2) is 5.87. The van der Waals surface area contributed by atoms with Crippen molar-refractivity contribution in [1.29, 1.82) is 0 Å². The summed E-state index contributed by atoms with van der Waals surface area (Å²) < 4.78 is 0.937. The van der Waals surface area contributed by atoms with E-state index in [9.17, 15) is 5.11 Å². The quantitative estimate of drug-likeness (QED) is 0.874. The van der Waals surface area contributed by atoms with Gasteiger partial charge in [-0.05, 0) is 29.6 Å². The zero-order valence-electron chi connectivity index (χ0n) is 8.86. The highest BCUT2D eigenvalue weighted by Crippen LogP contribution is 2.26. The summed E-state index contributed by atoms with van der Waals surface area (Å²) in [4.78, 5) is 0.950. The molecule has 0 aliphatic carbocycles. The van der Waals surface area contributed by atoms with Gasteiger partial charge in [0, 0.05) is 15.9 Å². The van der Waals surface area contributed by atoms with Crippen LogP contribution in [0.25, 0.3) is 0 Å². The Balaban J connectivity index is 1.98. The third kappa shape index (κ3) is 3.45. The molecule has 0 saturated heterocycles. The van der Waals surface area contributed by atoms with Crippen LogP contribution >= 0.6 is 38.9 Å². The third-order valence-electron chi connectivity index (χ3n) is 2.29. The van der Waals surface area contributed by atoms with Crippen LogP contribution in [0.1, 0.15) is 11.0 Å². The van der Waals surface area contributed by atoms with E-state index in [-0.39, 0.29) is 0 Å². The van der Waals surface area contributed by atoms with E-state index in [1.807, 2.05) is 35.7 Å². The summed E-state index contributed by atoms with van der Waals surface area (Å²) in [5.74, 6) is 0. The molecule has 2 N–H and O–H groups in total. The Morgan fingerprint density at radius 3 is 2.88 bits per heavy atom. The van der Waals surface area contributed by atoms with Crippen molar-refractivity contribution in [2.24, 2.45) is 0 Å². The highest BCUT2D eigenvalue weighted by atomic mass is 79.9. The van der Waals surface area contributed by atoms with Crippen molar-refractivity contribution in [3.8, 4) is 0 Å². The zero-order chi connectivity index (χ0) is 12.3. The van der Waals surface area contributed by atoms with Gasteiger partial charge in [-0.15, -0.1) is 11.3 Å². The fraction of sp³-hybridized carbons (Fsp3) is 0.167. The van der Waals surface area contributed by atoms with Gasteiger partial charge in [-0.2, -0.15) is 0 Å². The Kier molecular flexibility index (Phi) is 4.45. The molecule has 0 bridgehead atoms. The number of hydrogen-bond donors (Lipinski definition) is 2. The summed E-state index contributed by atoms with van der Waals surface area (Å²) in [6, 6.07) is 9.46. The van der Waals surface area contributed by atoms with Gasteiger partial charge in [-0.3, -0.25) is 0 Å². The van der Waals surface area contributed by atoms with E-state index >= 15 is 0 Å². The summed E-state index contributed by atoms with van der Waals surface area (Å²) in [6.45, 7) is 0.446. The number of aliphatic hydroxyl groups is 1. The van der Waals surface area contributed by atoms with Crippen LogP contribution in [-0.4, -0.2) is 11.7 Å². The Bertz CT molecular complexity index is 489.